The highest BCUT2D eigenvalue weighted by Crippen LogP contribution is 2.13. The van der Waals surface area contributed by atoms with Crippen molar-refractivity contribution in [1.29, 1.82) is 0 Å². The molecular formula is C19H36ClFN2O6. The van der Waals surface area contributed by atoms with Crippen LogP contribution in [-0.4, -0.2) is 73.8 Å². The van der Waals surface area contributed by atoms with Crippen molar-refractivity contribution in [3.8, 4) is 0 Å². The number of hydrogen-bond donors (Lipinski definition) is 1. The van der Waals surface area contributed by atoms with Crippen LogP contribution in [0.2, 0.25) is 0 Å². The number of quaternary nitrogens is 1. The fourth-order valence-corrected chi connectivity index (χ4v) is 1.87. The molecule has 0 aromatic rings. The Bertz CT molecular complexity index is 544. The number of amides is 1. The van der Waals surface area contributed by atoms with Crippen LogP contribution in [0.25, 0.3) is 0 Å². The lowest BCUT2D eigenvalue weighted by Gasteiger charge is -2.26. The van der Waals surface area contributed by atoms with E-state index in [-0.39, 0.29) is 36.3 Å². The summed E-state index contributed by atoms with van der Waals surface area (Å²) in [5, 5.41) is 2.44. The number of esters is 2. The lowest BCUT2D eigenvalue weighted by Crippen LogP contribution is -3.00. The van der Waals surface area contributed by atoms with Crippen molar-refractivity contribution >= 4 is 18.0 Å². The first-order valence-corrected chi connectivity index (χ1v) is 9.30. The number of nitrogens with one attached hydrogen (secondary N) is 1. The molecule has 0 aromatic carbocycles. The van der Waals surface area contributed by atoms with Gasteiger partial charge in [0.25, 0.3) is 0 Å². The van der Waals surface area contributed by atoms with Gasteiger partial charge in [0.1, 0.15) is 30.4 Å². The summed E-state index contributed by atoms with van der Waals surface area (Å²) >= 11 is 0. The molecule has 0 aliphatic heterocycles. The average Bonchev–Trinajstić information content (AvgIpc) is 2.47. The maximum absolute atomic E-state index is 12.7. The zero-order chi connectivity index (χ0) is 22.2. The SMILES string of the molecule is CC(C)(C)OC(=O)NC(CCC(=O)OCC[N+](C)(C)CF)C(=O)OC(C)(C)C.[Cl-]. The topological polar surface area (TPSA) is 90.9 Å². The van der Waals surface area contributed by atoms with Gasteiger partial charge in [-0.25, -0.2) is 9.59 Å². The molecule has 1 unspecified atom stereocenters. The predicted molar refractivity (Wildman–Crippen MR) is 102 cm³/mol. The second kappa shape index (κ2) is 12.2. The molecular weight excluding hydrogens is 407 g/mol. The third-order valence-electron chi connectivity index (χ3n) is 3.30. The van der Waals surface area contributed by atoms with E-state index in [0.29, 0.717) is 6.54 Å². The molecule has 1 atom stereocenters. The van der Waals surface area contributed by atoms with E-state index in [1.165, 1.54) is 0 Å². The molecule has 29 heavy (non-hydrogen) atoms. The molecule has 0 aliphatic rings. The van der Waals surface area contributed by atoms with Crippen molar-refractivity contribution in [1.82, 2.24) is 5.32 Å². The largest absolute Gasteiger partial charge is 1.00 e. The van der Waals surface area contributed by atoms with Crippen molar-refractivity contribution in [2.45, 2.75) is 71.6 Å². The van der Waals surface area contributed by atoms with Gasteiger partial charge in [-0.15, -0.1) is 0 Å². The smallest absolute Gasteiger partial charge is 0.408 e. The predicted octanol–water partition coefficient (Wildman–Crippen LogP) is -0.448. The molecule has 8 nitrogen and oxygen atoms in total. The highest BCUT2D eigenvalue weighted by molar-refractivity contribution is 5.82. The Morgan fingerprint density at radius 2 is 1.52 bits per heavy atom. The molecule has 0 saturated heterocycles. The number of hydrogen-bond acceptors (Lipinski definition) is 6. The minimum absolute atomic E-state index is 0. The standard InChI is InChI=1S/C19H35FN2O6.ClH/c1-18(2,3)27-16(24)14(21-17(25)28-19(4,5)6)9-10-15(23)26-12-11-22(7,8)13-20;/h14H,9-13H2,1-8H3;1H. The van der Waals surface area contributed by atoms with Crippen molar-refractivity contribution in [2.24, 2.45) is 0 Å². The van der Waals surface area contributed by atoms with Crippen LogP contribution in [0.4, 0.5) is 9.18 Å². The molecule has 0 saturated carbocycles. The number of rotatable bonds is 9. The number of carbonyl (C=O) groups excluding carboxylic acids is 3. The number of carbonyl (C=O) groups is 3. The number of nitrogens with zero attached hydrogens (tertiary/aromatic N) is 1. The summed E-state index contributed by atoms with van der Waals surface area (Å²) in [6.07, 6.45) is -0.893. The van der Waals surface area contributed by atoms with Crippen molar-refractivity contribution in [2.75, 3.05) is 34.0 Å². The molecule has 0 spiro atoms. The Morgan fingerprint density at radius 1 is 1.00 bits per heavy atom. The van der Waals surface area contributed by atoms with Crippen LogP contribution in [0.1, 0.15) is 54.4 Å². The Balaban J connectivity index is 0. The van der Waals surface area contributed by atoms with Gasteiger partial charge in [0.15, 0.2) is 0 Å². The van der Waals surface area contributed by atoms with E-state index in [4.69, 9.17) is 14.2 Å². The third kappa shape index (κ3) is 15.9. The van der Waals surface area contributed by atoms with Gasteiger partial charge in [-0.3, -0.25) is 9.28 Å². The summed E-state index contributed by atoms with van der Waals surface area (Å²) in [5.41, 5.74) is -1.48. The number of likely N-dealkylation sites (N-methyl/N-ethyl adjacent to an activating group) is 1. The molecule has 0 bridgehead atoms. The van der Waals surface area contributed by atoms with E-state index < -0.39 is 42.1 Å². The first-order chi connectivity index (χ1) is 12.5. The molecule has 0 heterocycles. The summed E-state index contributed by atoms with van der Waals surface area (Å²) in [5.74, 6) is -1.21. The minimum atomic E-state index is -1.06. The lowest BCUT2D eigenvalue weighted by atomic mass is 10.1. The van der Waals surface area contributed by atoms with Gasteiger partial charge in [0.2, 0.25) is 6.80 Å². The van der Waals surface area contributed by atoms with Gasteiger partial charge >= 0.3 is 18.0 Å². The summed E-state index contributed by atoms with van der Waals surface area (Å²) < 4.78 is 28.4. The van der Waals surface area contributed by atoms with Gasteiger partial charge in [0.05, 0.1) is 14.1 Å². The second-order valence-corrected chi connectivity index (χ2v) is 9.27. The minimum Gasteiger partial charge on any atom is -1.00 e. The van der Waals surface area contributed by atoms with Gasteiger partial charge in [0, 0.05) is 6.42 Å². The van der Waals surface area contributed by atoms with Gasteiger partial charge in [-0.05, 0) is 48.0 Å². The third-order valence-corrected chi connectivity index (χ3v) is 3.30. The van der Waals surface area contributed by atoms with Crippen LogP contribution in [0.15, 0.2) is 0 Å². The summed E-state index contributed by atoms with van der Waals surface area (Å²) in [6, 6.07) is -1.06. The Morgan fingerprint density at radius 3 is 1.97 bits per heavy atom. The second-order valence-electron chi connectivity index (χ2n) is 9.27. The molecule has 0 aliphatic carbocycles. The molecule has 0 aromatic heterocycles. The Kier molecular flexibility index (Phi) is 12.4. The number of halogens is 2. The maximum atomic E-state index is 12.7. The molecule has 0 radical (unpaired) electrons. The van der Waals surface area contributed by atoms with Crippen LogP contribution in [0.5, 0.6) is 0 Å². The van der Waals surface area contributed by atoms with Crippen LogP contribution in [0.3, 0.4) is 0 Å². The highest BCUT2D eigenvalue weighted by atomic mass is 35.5. The fourth-order valence-electron chi connectivity index (χ4n) is 1.87. The zero-order valence-corrected chi connectivity index (χ0v) is 19.5. The number of alkyl carbamates (subject to hydrolysis) is 1. The first-order valence-electron chi connectivity index (χ1n) is 9.30. The van der Waals surface area contributed by atoms with Crippen LogP contribution in [0, 0.1) is 0 Å². The van der Waals surface area contributed by atoms with Crippen molar-refractivity contribution in [3.05, 3.63) is 0 Å². The molecule has 1 N–H and O–H groups in total. The normalized spacial score (nSPS) is 13.0. The van der Waals surface area contributed by atoms with Crippen LogP contribution in [-0.2, 0) is 23.8 Å². The molecule has 0 fully saturated rings. The molecule has 172 valence electrons. The first kappa shape index (κ1) is 29.6. The quantitative estimate of drug-likeness (QED) is 0.225. The molecule has 10 heteroatoms. The Labute approximate surface area is 179 Å². The maximum Gasteiger partial charge on any atom is 0.408 e. The summed E-state index contributed by atoms with van der Waals surface area (Å²) in [6.45, 7) is 10.0. The van der Waals surface area contributed by atoms with Crippen molar-refractivity contribution in [3.63, 3.8) is 0 Å². The van der Waals surface area contributed by atoms with Crippen LogP contribution < -0.4 is 17.7 Å². The molecule has 1 amide bonds. The van der Waals surface area contributed by atoms with Gasteiger partial charge in [-0.1, -0.05) is 0 Å². The van der Waals surface area contributed by atoms with E-state index >= 15 is 0 Å². The van der Waals surface area contributed by atoms with E-state index in [9.17, 15) is 18.8 Å². The Hall–Kier alpha value is -1.61. The zero-order valence-electron chi connectivity index (χ0n) is 18.8. The number of alkyl halides is 1. The van der Waals surface area contributed by atoms with Gasteiger partial charge < -0.3 is 31.9 Å². The summed E-state index contributed by atoms with van der Waals surface area (Å²) in [7, 11) is 3.36. The monoisotopic (exact) mass is 442 g/mol. The van der Waals surface area contributed by atoms with E-state index in [0.717, 1.165) is 0 Å². The molecule has 0 rings (SSSR count). The van der Waals surface area contributed by atoms with Crippen molar-refractivity contribution < 1.29 is 49.9 Å². The van der Waals surface area contributed by atoms with E-state index in [1.54, 1.807) is 55.6 Å². The van der Waals surface area contributed by atoms with Crippen LogP contribution >= 0.6 is 0 Å². The van der Waals surface area contributed by atoms with E-state index in [2.05, 4.69) is 5.32 Å². The highest BCUT2D eigenvalue weighted by Gasteiger charge is 2.29. The van der Waals surface area contributed by atoms with Gasteiger partial charge in [-0.2, -0.15) is 4.39 Å². The summed E-state index contributed by atoms with van der Waals surface area (Å²) in [4.78, 5) is 36.3. The van der Waals surface area contributed by atoms with E-state index in [1.807, 2.05) is 0 Å². The lowest BCUT2D eigenvalue weighted by molar-refractivity contribution is -0.902. The number of ether oxygens (including phenoxy) is 3. The average molecular weight is 443 g/mol. The fraction of sp³-hybridized carbons (Fsp3) is 0.842.